The molecule has 190 valence electrons. The first-order valence-corrected chi connectivity index (χ1v) is 14.5. The van der Waals surface area contributed by atoms with E-state index < -0.39 is 15.9 Å². The largest absolute Gasteiger partial charge is 0.271 e. The molecule has 0 unspecified atom stereocenters. The number of hydrogen-bond acceptors (Lipinski definition) is 4. The molecule has 6 nitrogen and oxygen atoms in total. The summed E-state index contributed by atoms with van der Waals surface area (Å²) < 4.78 is 28.3. The maximum absolute atomic E-state index is 13.6. The second-order valence-electron chi connectivity index (χ2n) is 9.20. The van der Waals surface area contributed by atoms with Crippen LogP contribution in [-0.2, 0) is 21.2 Å². The molecule has 1 fully saturated rings. The third-order valence-corrected chi connectivity index (χ3v) is 8.30. The summed E-state index contributed by atoms with van der Waals surface area (Å²) in [6, 6.07) is 15.6. The summed E-state index contributed by atoms with van der Waals surface area (Å²) in [5.74, 6) is -0.436. The summed E-state index contributed by atoms with van der Waals surface area (Å²) in [6.07, 6.45) is 13.4. The van der Waals surface area contributed by atoms with Gasteiger partial charge in [0.2, 0.25) is 0 Å². The Balaban J connectivity index is 1.78. The van der Waals surface area contributed by atoms with Gasteiger partial charge in [-0.1, -0.05) is 88.3 Å². The van der Waals surface area contributed by atoms with Gasteiger partial charge in [-0.05, 0) is 55.9 Å². The van der Waals surface area contributed by atoms with Gasteiger partial charge in [0.05, 0.1) is 10.6 Å². The third-order valence-electron chi connectivity index (χ3n) is 6.53. The molecule has 0 aromatic heterocycles. The minimum atomic E-state index is -3.93. The van der Waals surface area contributed by atoms with Crippen molar-refractivity contribution in [3.63, 3.8) is 0 Å². The van der Waals surface area contributed by atoms with E-state index in [-0.39, 0.29) is 11.4 Å². The van der Waals surface area contributed by atoms with Crippen LogP contribution in [-0.4, -0.2) is 26.6 Å². The Hall–Kier alpha value is -2.67. The van der Waals surface area contributed by atoms with Crippen LogP contribution in [0.5, 0.6) is 0 Å². The summed E-state index contributed by atoms with van der Waals surface area (Å²) in [5.41, 5.74) is 5.06. The van der Waals surface area contributed by atoms with Crippen LogP contribution < -0.4 is 9.73 Å². The summed E-state index contributed by atoms with van der Waals surface area (Å²) in [4.78, 5) is 13.2. The Labute approximate surface area is 210 Å². The minimum absolute atomic E-state index is 0.157. The Kier molecular flexibility index (Phi) is 10.8. The fourth-order valence-electron chi connectivity index (χ4n) is 4.51. The zero-order valence-electron chi connectivity index (χ0n) is 20.9. The summed E-state index contributed by atoms with van der Waals surface area (Å²) in [6.45, 7) is 1.65. The fraction of sp³-hybridized carbons (Fsp3) is 0.500. The topological polar surface area (TPSA) is 78.8 Å². The van der Waals surface area contributed by atoms with Gasteiger partial charge < -0.3 is 0 Å². The minimum Gasteiger partial charge on any atom is -0.271 e. The highest BCUT2D eigenvalue weighted by molar-refractivity contribution is 7.92. The van der Waals surface area contributed by atoms with E-state index in [4.69, 9.17) is 0 Å². The molecular weight excluding hydrogens is 458 g/mol. The van der Waals surface area contributed by atoms with Gasteiger partial charge in [-0.2, -0.15) is 5.10 Å². The van der Waals surface area contributed by atoms with Crippen molar-refractivity contribution in [2.24, 2.45) is 5.10 Å². The smallest absolute Gasteiger partial charge is 0.264 e. The van der Waals surface area contributed by atoms with E-state index in [2.05, 4.69) is 10.5 Å². The normalized spacial score (nSPS) is 16.0. The second kappa shape index (κ2) is 14.0. The lowest BCUT2D eigenvalue weighted by atomic mass is 10.00. The van der Waals surface area contributed by atoms with Gasteiger partial charge in [0, 0.05) is 5.71 Å². The molecule has 3 rings (SSSR count). The number of carbonyl (C=O) groups excluding carboxylic acids is 1. The molecule has 7 heteroatoms. The van der Waals surface area contributed by atoms with Gasteiger partial charge in [-0.25, -0.2) is 13.8 Å². The lowest BCUT2D eigenvalue weighted by Gasteiger charge is -2.25. The molecule has 1 saturated carbocycles. The number of amides is 1. The molecule has 0 aliphatic heterocycles. The van der Waals surface area contributed by atoms with Crippen molar-refractivity contribution in [3.05, 3.63) is 60.2 Å². The highest BCUT2D eigenvalue weighted by Crippen LogP contribution is 2.27. The Morgan fingerprint density at radius 1 is 0.829 bits per heavy atom. The van der Waals surface area contributed by atoms with Crippen LogP contribution in [0.3, 0.4) is 0 Å². The van der Waals surface area contributed by atoms with E-state index in [0.717, 1.165) is 37.0 Å². The van der Waals surface area contributed by atoms with Crippen LogP contribution in [0.2, 0.25) is 0 Å². The molecule has 0 radical (unpaired) electrons. The number of carbonyl (C=O) groups is 1. The molecule has 0 spiro atoms. The number of nitrogens with one attached hydrogen (secondary N) is 1. The van der Waals surface area contributed by atoms with Crippen LogP contribution in [0.4, 0.5) is 5.69 Å². The molecule has 1 aliphatic carbocycles. The maximum Gasteiger partial charge on any atom is 0.264 e. The Morgan fingerprint density at radius 3 is 1.97 bits per heavy atom. The van der Waals surface area contributed by atoms with Gasteiger partial charge >= 0.3 is 0 Å². The zero-order valence-corrected chi connectivity index (χ0v) is 21.7. The summed E-state index contributed by atoms with van der Waals surface area (Å²) >= 11 is 0. The standard InChI is InChI=1S/C28H39N3O3S/c1-2-24-17-15-16-22-27(24)31(35(33,34)26-20-13-10-14-21-26)23-28(32)30-29-25-18-11-8-6-4-3-5-7-9-12-19-25/h10,13-17,20-22H,2-9,11-12,18-19,23H2,1H3,(H,30,32). The van der Waals surface area contributed by atoms with E-state index in [1.807, 2.05) is 19.1 Å². The number of aryl methyl sites for hydroxylation is 1. The highest BCUT2D eigenvalue weighted by Gasteiger charge is 2.28. The van der Waals surface area contributed by atoms with Crippen molar-refractivity contribution in [2.75, 3.05) is 10.8 Å². The number of sulfonamides is 1. The number of nitrogens with zero attached hydrogens (tertiary/aromatic N) is 2. The number of para-hydroxylation sites is 1. The van der Waals surface area contributed by atoms with Crippen LogP contribution in [0, 0.1) is 0 Å². The van der Waals surface area contributed by atoms with Gasteiger partial charge in [0.1, 0.15) is 6.54 Å². The molecule has 0 heterocycles. The van der Waals surface area contributed by atoms with E-state index in [1.54, 1.807) is 42.5 Å². The average Bonchev–Trinajstić information content (AvgIpc) is 2.87. The quantitative estimate of drug-likeness (QED) is 0.461. The fourth-order valence-corrected chi connectivity index (χ4v) is 5.99. The molecule has 0 bridgehead atoms. The number of anilines is 1. The average molecular weight is 498 g/mol. The number of rotatable bonds is 7. The van der Waals surface area contributed by atoms with Gasteiger partial charge in [0.15, 0.2) is 0 Å². The number of hydrogen-bond donors (Lipinski definition) is 1. The molecule has 1 aliphatic rings. The first-order valence-electron chi connectivity index (χ1n) is 13.0. The lowest BCUT2D eigenvalue weighted by Crippen LogP contribution is -2.40. The van der Waals surface area contributed by atoms with E-state index in [9.17, 15) is 13.2 Å². The predicted molar refractivity (Wildman–Crippen MR) is 143 cm³/mol. The van der Waals surface area contributed by atoms with Gasteiger partial charge in [-0.15, -0.1) is 0 Å². The molecular formula is C28H39N3O3S. The van der Waals surface area contributed by atoms with Gasteiger partial charge in [-0.3, -0.25) is 9.10 Å². The Morgan fingerprint density at radius 2 is 1.37 bits per heavy atom. The molecule has 2 aromatic carbocycles. The van der Waals surface area contributed by atoms with Crippen LogP contribution >= 0.6 is 0 Å². The van der Waals surface area contributed by atoms with E-state index >= 15 is 0 Å². The van der Waals surface area contributed by atoms with Crippen molar-refractivity contribution < 1.29 is 13.2 Å². The monoisotopic (exact) mass is 497 g/mol. The zero-order chi connectivity index (χ0) is 24.9. The first kappa shape index (κ1) is 26.9. The van der Waals surface area contributed by atoms with Crippen LogP contribution in [0.15, 0.2) is 64.6 Å². The van der Waals surface area contributed by atoms with Crippen molar-refractivity contribution in [1.82, 2.24) is 5.43 Å². The van der Waals surface area contributed by atoms with Gasteiger partial charge in [0.25, 0.3) is 15.9 Å². The van der Waals surface area contributed by atoms with E-state index in [0.29, 0.717) is 12.1 Å². The molecule has 1 N–H and O–H groups in total. The van der Waals surface area contributed by atoms with Crippen LogP contribution in [0.25, 0.3) is 0 Å². The molecule has 35 heavy (non-hydrogen) atoms. The lowest BCUT2D eigenvalue weighted by molar-refractivity contribution is -0.119. The van der Waals surface area contributed by atoms with Crippen molar-refractivity contribution in [3.8, 4) is 0 Å². The highest BCUT2D eigenvalue weighted by atomic mass is 32.2. The number of hydrazone groups is 1. The van der Waals surface area contributed by atoms with Crippen LogP contribution in [0.1, 0.15) is 83.1 Å². The van der Waals surface area contributed by atoms with Crippen molar-refractivity contribution in [1.29, 1.82) is 0 Å². The first-order chi connectivity index (χ1) is 17.0. The summed E-state index contributed by atoms with van der Waals surface area (Å²) in [7, 11) is -3.93. The second-order valence-corrected chi connectivity index (χ2v) is 11.1. The molecule has 1 amide bonds. The molecule has 0 saturated heterocycles. The summed E-state index contributed by atoms with van der Waals surface area (Å²) in [5, 5.41) is 4.45. The van der Waals surface area contributed by atoms with E-state index in [1.165, 1.54) is 49.3 Å². The maximum atomic E-state index is 13.6. The Bertz CT molecular complexity index is 1050. The number of benzene rings is 2. The predicted octanol–water partition coefficient (Wildman–Crippen LogP) is 6.22. The third kappa shape index (κ3) is 8.20. The SMILES string of the molecule is CCc1ccccc1N(CC(=O)NN=C1CCCCCCCCCCC1)S(=O)(=O)c1ccccc1. The molecule has 0 atom stereocenters. The van der Waals surface area contributed by atoms with Crippen molar-refractivity contribution in [2.45, 2.75) is 88.9 Å². The van der Waals surface area contributed by atoms with Crippen molar-refractivity contribution >= 4 is 27.3 Å². The molecule has 2 aromatic rings.